The number of ether oxygens (including phenoxy) is 3. The van der Waals surface area contributed by atoms with Gasteiger partial charge < -0.3 is 28.9 Å². The summed E-state index contributed by atoms with van der Waals surface area (Å²) >= 11 is 1.46. The van der Waals surface area contributed by atoms with Gasteiger partial charge in [0.05, 0.1) is 45.1 Å². The van der Waals surface area contributed by atoms with Crippen LogP contribution in [-0.2, 0) is 14.3 Å². The summed E-state index contributed by atoms with van der Waals surface area (Å²) in [5, 5.41) is 2.69. The smallest absolute Gasteiger partial charge is 0.338 e. The fourth-order valence-corrected chi connectivity index (χ4v) is 5.52. The molecule has 1 atom stereocenters. The fraction of sp³-hybridized carbons (Fsp3) is 0.480. The monoisotopic (exact) mass is 500 g/mol. The summed E-state index contributed by atoms with van der Waals surface area (Å²) in [5.74, 6) is 0.849. The van der Waals surface area contributed by atoms with E-state index in [0.717, 1.165) is 29.5 Å². The molecule has 1 unspecified atom stereocenters. The summed E-state index contributed by atoms with van der Waals surface area (Å²) in [4.78, 5) is 37.2. The van der Waals surface area contributed by atoms with E-state index in [2.05, 4.69) is 11.9 Å². The molecule has 0 bridgehead atoms. The maximum atomic E-state index is 13.2. The molecular weight excluding hydrogens is 468 g/mol. The Morgan fingerprint density at radius 2 is 1.86 bits per heavy atom. The third-order valence-corrected chi connectivity index (χ3v) is 7.44. The lowest BCUT2D eigenvalue weighted by atomic mass is 9.92. The number of carbonyl (C=O) groups is 2. The van der Waals surface area contributed by atoms with Crippen LogP contribution in [0.5, 0.6) is 11.5 Å². The van der Waals surface area contributed by atoms with E-state index >= 15 is 0 Å². The second-order valence-corrected chi connectivity index (χ2v) is 9.40. The van der Waals surface area contributed by atoms with Crippen LogP contribution >= 0.6 is 11.8 Å². The second kappa shape index (κ2) is 10.7. The van der Waals surface area contributed by atoms with Gasteiger partial charge in [-0.05, 0) is 37.1 Å². The fourth-order valence-electron chi connectivity index (χ4n) is 4.58. The molecule has 10 heteroatoms. The van der Waals surface area contributed by atoms with E-state index in [4.69, 9.17) is 19.2 Å². The van der Waals surface area contributed by atoms with Gasteiger partial charge in [0.25, 0.3) is 0 Å². The van der Waals surface area contributed by atoms with Crippen molar-refractivity contribution in [3.63, 3.8) is 0 Å². The molecule has 1 amide bonds. The highest BCUT2D eigenvalue weighted by molar-refractivity contribution is 8.16. The highest BCUT2D eigenvalue weighted by Crippen LogP contribution is 2.48. The van der Waals surface area contributed by atoms with E-state index in [0.29, 0.717) is 42.3 Å². The molecule has 3 aliphatic heterocycles. The zero-order valence-electron chi connectivity index (χ0n) is 20.9. The van der Waals surface area contributed by atoms with Crippen LogP contribution in [0.1, 0.15) is 31.4 Å². The average Bonchev–Trinajstić information content (AvgIpc) is 3.28. The molecule has 0 saturated carbocycles. The Balaban J connectivity index is 1.76. The van der Waals surface area contributed by atoms with Gasteiger partial charge in [-0.15, -0.1) is 0 Å². The number of thioether (sulfide) groups is 1. The number of nitrogens with zero attached hydrogens (tertiary/aromatic N) is 4. The van der Waals surface area contributed by atoms with E-state index in [1.54, 1.807) is 14.2 Å². The molecule has 35 heavy (non-hydrogen) atoms. The quantitative estimate of drug-likeness (QED) is 0.529. The Labute approximate surface area is 210 Å². The molecule has 1 saturated heterocycles. The van der Waals surface area contributed by atoms with Crippen molar-refractivity contribution in [2.24, 2.45) is 4.99 Å². The topological polar surface area (TPSA) is 83.9 Å². The second-order valence-electron chi connectivity index (χ2n) is 8.57. The number of esters is 1. The van der Waals surface area contributed by atoms with Crippen LogP contribution in [0.3, 0.4) is 0 Å². The maximum absolute atomic E-state index is 13.2. The summed E-state index contributed by atoms with van der Waals surface area (Å²) < 4.78 is 16.4. The van der Waals surface area contributed by atoms with Gasteiger partial charge in [0.2, 0.25) is 5.91 Å². The summed E-state index contributed by atoms with van der Waals surface area (Å²) in [7, 11) is 6.62. The number of hydrogen-bond acceptors (Lipinski definition) is 9. The van der Waals surface area contributed by atoms with Crippen molar-refractivity contribution in [1.82, 2.24) is 14.7 Å². The number of methoxy groups -OCH3 is 3. The molecular formula is C25H32N4O5S. The standard InChI is InChI=1S/C25H32N4O5S/c1-6-19-22(24(31)34-5)23(18-14-17(32-3)7-8-20(18)33-4)29-16(15-35-25(29)26-19)13-21(30)28-11-9-27(2)10-12-28/h7-8,14-15,23H,6,9-13H2,1-5H3. The molecule has 0 aliphatic carbocycles. The summed E-state index contributed by atoms with van der Waals surface area (Å²) in [6.07, 6.45) is 0.773. The first-order valence-electron chi connectivity index (χ1n) is 11.6. The number of carbonyl (C=O) groups excluding carboxylic acids is 2. The Kier molecular flexibility index (Phi) is 7.71. The van der Waals surface area contributed by atoms with Crippen LogP contribution in [0.15, 0.2) is 45.6 Å². The first kappa shape index (κ1) is 25.1. The van der Waals surface area contributed by atoms with Crippen LogP contribution < -0.4 is 9.47 Å². The van der Waals surface area contributed by atoms with Crippen molar-refractivity contribution in [2.75, 3.05) is 54.6 Å². The van der Waals surface area contributed by atoms with Crippen molar-refractivity contribution in [3.05, 3.63) is 46.1 Å². The number of amidine groups is 1. The van der Waals surface area contributed by atoms with E-state index in [1.807, 2.05) is 40.3 Å². The van der Waals surface area contributed by atoms with Gasteiger partial charge in [0, 0.05) is 37.4 Å². The predicted octanol–water partition coefficient (Wildman–Crippen LogP) is 3.01. The number of aliphatic imine (C=N–C) groups is 1. The minimum atomic E-state index is -0.573. The van der Waals surface area contributed by atoms with E-state index < -0.39 is 12.0 Å². The normalized spacial score (nSPS) is 20.3. The summed E-state index contributed by atoms with van der Waals surface area (Å²) in [6, 6.07) is 4.93. The van der Waals surface area contributed by atoms with Crippen LogP contribution in [0.2, 0.25) is 0 Å². The third kappa shape index (κ3) is 4.90. The zero-order valence-corrected chi connectivity index (χ0v) is 21.7. The number of amides is 1. The first-order valence-corrected chi connectivity index (χ1v) is 12.5. The maximum Gasteiger partial charge on any atom is 0.338 e. The number of hydrogen-bond donors (Lipinski definition) is 0. The Morgan fingerprint density at radius 1 is 1.11 bits per heavy atom. The van der Waals surface area contributed by atoms with E-state index in [9.17, 15) is 9.59 Å². The Hall–Kier alpha value is -2.98. The van der Waals surface area contributed by atoms with Gasteiger partial charge in [-0.3, -0.25) is 4.79 Å². The molecule has 3 aliphatic rings. The van der Waals surface area contributed by atoms with Crippen molar-refractivity contribution < 1.29 is 23.8 Å². The lowest BCUT2D eigenvalue weighted by Crippen LogP contribution is -2.47. The Morgan fingerprint density at radius 3 is 2.49 bits per heavy atom. The molecule has 0 aromatic heterocycles. The van der Waals surface area contributed by atoms with E-state index in [1.165, 1.54) is 18.9 Å². The van der Waals surface area contributed by atoms with Gasteiger partial charge in [0.1, 0.15) is 11.5 Å². The van der Waals surface area contributed by atoms with Gasteiger partial charge in [-0.1, -0.05) is 18.7 Å². The first-order chi connectivity index (χ1) is 16.9. The number of allylic oxidation sites excluding steroid dienone is 1. The van der Waals surface area contributed by atoms with Crippen molar-refractivity contribution in [2.45, 2.75) is 25.8 Å². The molecule has 9 nitrogen and oxygen atoms in total. The van der Waals surface area contributed by atoms with Crippen molar-refractivity contribution in [3.8, 4) is 11.5 Å². The molecule has 0 radical (unpaired) electrons. The Bertz CT molecular complexity index is 1090. The summed E-state index contributed by atoms with van der Waals surface area (Å²) in [5.41, 5.74) is 2.63. The molecule has 1 aromatic carbocycles. The number of likely N-dealkylation sites (N-methyl/N-ethyl adjacent to an activating group) is 1. The van der Waals surface area contributed by atoms with Crippen LogP contribution in [-0.4, -0.2) is 86.3 Å². The predicted molar refractivity (Wildman–Crippen MR) is 135 cm³/mol. The lowest BCUT2D eigenvalue weighted by Gasteiger charge is -2.38. The highest BCUT2D eigenvalue weighted by Gasteiger charge is 2.43. The number of benzene rings is 1. The molecule has 188 valence electrons. The molecule has 4 rings (SSSR count). The highest BCUT2D eigenvalue weighted by atomic mass is 32.2. The minimum Gasteiger partial charge on any atom is -0.497 e. The largest absolute Gasteiger partial charge is 0.497 e. The van der Waals surface area contributed by atoms with Crippen molar-refractivity contribution >= 4 is 28.8 Å². The van der Waals surface area contributed by atoms with Crippen molar-refractivity contribution in [1.29, 1.82) is 0 Å². The van der Waals surface area contributed by atoms with Gasteiger partial charge in [-0.25, -0.2) is 9.79 Å². The van der Waals surface area contributed by atoms with E-state index in [-0.39, 0.29) is 12.3 Å². The average molecular weight is 501 g/mol. The molecule has 0 spiro atoms. The number of piperazine rings is 1. The van der Waals surface area contributed by atoms with Gasteiger partial charge >= 0.3 is 5.97 Å². The zero-order chi connectivity index (χ0) is 25.1. The SMILES string of the molecule is CCC1=C(C(=O)OC)C(c2cc(OC)ccc2OC)N2C(CC(=O)N3CCN(C)CC3)=CSC2=N1. The number of rotatable bonds is 7. The minimum absolute atomic E-state index is 0.0624. The van der Waals surface area contributed by atoms with Crippen LogP contribution in [0.25, 0.3) is 0 Å². The number of fused-ring (bicyclic) bond motifs is 1. The molecule has 0 N–H and O–H groups in total. The van der Waals surface area contributed by atoms with Crippen LogP contribution in [0.4, 0.5) is 0 Å². The third-order valence-electron chi connectivity index (χ3n) is 6.55. The summed E-state index contributed by atoms with van der Waals surface area (Å²) in [6.45, 7) is 5.08. The van der Waals surface area contributed by atoms with Gasteiger partial charge in [-0.2, -0.15) is 0 Å². The van der Waals surface area contributed by atoms with Gasteiger partial charge in [0.15, 0.2) is 5.17 Å². The molecule has 3 heterocycles. The molecule has 1 aromatic rings. The van der Waals surface area contributed by atoms with Crippen LogP contribution in [0, 0.1) is 0 Å². The lowest BCUT2D eigenvalue weighted by molar-refractivity contribution is -0.136. The molecule has 1 fully saturated rings.